The fourth-order valence-corrected chi connectivity index (χ4v) is 4.12. The Labute approximate surface area is 100 Å². The monoisotopic (exact) mass is 221 g/mol. The van der Waals surface area contributed by atoms with Crippen molar-refractivity contribution in [1.82, 2.24) is 5.32 Å². The van der Waals surface area contributed by atoms with Crippen molar-refractivity contribution in [3.63, 3.8) is 0 Å². The van der Waals surface area contributed by atoms with E-state index in [1.807, 2.05) is 0 Å². The average molecular weight is 221 g/mol. The number of hydrogen-bond donors (Lipinski definition) is 1. The Kier molecular flexibility index (Phi) is 3.24. The molecular weight excluding hydrogens is 194 g/mol. The fraction of sp³-hybridized carbons (Fsp3) is 1.00. The van der Waals surface area contributed by atoms with E-state index in [1.165, 1.54) is 32.2 Å². The van der Waals surface area contributed by atoms with Crippen molar-refractivity contribution < 1.29 is 0 Å². The van der Waals surface area contributed by atoms with Gasteiger partial charge in [0.15, 0.2) is 0 Å². The minimum absolute atomic E-state index is 0.898. The van der Waals surface area contributed by atoms with Crippen molar-refractivity contribution in [2.45, 2.75) is 64.3 Å². The predicted molar refractivity (Wildman–Crippen MR) is 68.4 cm³/mol. The smallest absolute Gasteiger partial charge is 0.00682 e. The van der Waals surface area contributed by atoms with Gasteiger partial charge in [-0.25, -0.2) is 0 Å². The zero-order valence-corrected chi connectivity index (χ0v) is 10.8. The molecule has 1 N–H and O–H groups in total. The molecular formula is C15H27N. The molecule has 3 rings (SSSR count). The maximum Gasteiger partial charge on any atom is 0.00682 e. The summed E-state index contributed by atoms with van der Waals surface area (Å²) in [7, 11) is 0. The summed E-state index contributed by atoms with van der Waals surface area (Å²) in [5.41, 5.74) is 0. The first kappa shape index (κ1) is 11.1. The minimum Gasteiger partial charge on any atom is -0.314 e. The number of hydrogen-bond acceptors (Lipinski definition) is 1. The normalized spacial score (nSPS) is 39.2. The highest BCUT2D eigenvalue weighted by Crippen LogP contribution is 2.50. The summed E-state index contributed by atoms with van der Waals surface area (Å²) < 4.78 is 0. The van der Waals surface area contributed by atoms with Crippen LogP contribution in [0.3, 0.4) is 0 Å². The van der Waals surface area contributed by atoms with Crippen LogP contribution in [-0.2, 0) is 0 Å². The summed E-state index contributed by atoms with van der Waals surface area (Å²) in [5, 5.41) is 3.65. The Morgan fingerprint density at radius 3 is 2.62 bits per heavy atom. The third-order valence-corrected chi connectivity index (χ3v) is 5.24. The standard InChI is InChI=1S/C15H27N/c1-11(6-7-16-15-4-5-15)8-14-10-12-2-3-13(14)9-12/h11-16H,2-10H2,1H3. The molecule has 1 nitrogen and oxygen atoms in total. The van der Waals surface area contributed by atoms with E-state index >= 15 is 0 Å². The second-order valence-corrected chi connectivity index (χ2v) is 6.79. The second-order valence-electron chi connectivity index (χ2n) is 6.79. The molecule has 0 saturated heterocycles. The Bertz CT molecular complexity index is 234. The largest absolute Gasteiger partial charge is 0.314 e. The van der Waals surface area contributed by atoms with Crippen LogP contribution in [-0.4, -0.2) is 12.6 Å². The summed E-state index contributed by atoms with van der Waals surface area (Å²) in [4.78, 5) is 0. The van der Waals surface area contributed by atoms with E-state index in [9.17, 15) is 0 Å². The van der Waals surface area contributed by atoms with E-state index in [1.54, 1.807) is 25.7 Å². The Balaban J connectivity index is 1.34. The van der Waals surface area contributed by atoms with Gasteiger partial charge in [0, 0.05) is 6.04 Å². The van der Waals surface area contributed by atoms with Crippen molar-refractivity contribution in [2.75, 3.05) is 6.54 Å². The summed E-state index contributed by atoms with van der Waals surface area (Å²) in [6.07, 6.45) is 12.1. The van der Waals surface area contributed by atoms with Crippen LogP contribution in [0.4, 0.5) is 0 Å². The van der Waals surface area contributed by atoms with Gasteiger partial charge in [-0.1, -0.05) is 13.3 Å². The van der Waals surface area contributed by atoms with Gasteiger partial charge in [0.25, 0.3) is 0 Å². The molecule has 4 atom stereocenters. The highest BCUT2D eigenvalue weighted by atomic mass is 14.9. The quantitative estimate of drug-likeness (QED) is 0.723. The molecule has 3 aliphatic carbocycles. The van der Waals surface area contributed by atoms with Crippen LogP contribution >= 0.6 is 0 Å². The summed E-state index contributed by atoms with van der Waals surface area (Å²) >= 11 is 0. The molecule has 0 spiro atoms. The van der Waals surface area contributed by atoms with Gasteiger partial charge in [0.2, 0.25) is 0 Å². The molecule has 3 saturated carbocycles. The topological polar surface area (TPSA) is 12.0 Å². The first-order chi connectivity index (χ1) is 7.81. The molecule has 3 fully saturated rings. The molecule has 4 unspecified atom stereocenters. The lowest BCUT2D eigenvalue weighted by Gasteiger charge is -2.24. The highest BCUT2D eigenvalue weighted by Gasteiger charge is 2.39. The van der Waals surface area contributed by atoms with E-state index in [0.29, 0.717) is 0 Å². The van der Waals surface area contributed by atoms with Crippen LogP contribution in [0.15, 0.2) is 0 Å². The first-order valence-corrected chi connectivity index (χ1v) is 7.54. The minimum atomic E-state index is 0.898. The molecule has 0 amide bonds. The first-order valence-electron chi connectivity index (χ1n) is 7.54. The van der Waals surface area contributed by atoms with E-state index < -0.39 is 0 Å². The average Bonchev–Trinajstić information content (AvgIpc) is 2.86. The van der Waals surface area contributed by atoms with Crippen molar-refractivity contribution in [3.05, 3.63) is 0 Å². The fourth-order valence-electron chi connectivity index (χ4n) is 4.12. The van der Waals surface area contributed by atoms with Gasteiger partial charge in [-0.05, 0) is 75.2 Å². The third kappa shape index (κ3) is 2.61. The van der Waals surface area contributed by atoms with E-state index in [0.717, 1.165) is 29.7 Å². The zero-order valence-electron chi connectivity index (χ0n) is 10.8. The summed E-state index contributed by atoms with van der Waals surface area (Å²) in [6, 6.07) is 0.898. The molecule has 0 aromatic heterocycles. The molecule has 0 radical (unpaired) electrons. The van der Waals surface area contributed by atoms with E-state index in [2.05, 4.69) is 12.2 Å². The van der Waals surface area contributed by atoms with Gasteiger partial charge in [0.05, 0.1) is 0 Å². The SMILES string of the molecule is CC(CCNC1CC1)CC1CC2CCC1C2. The molecule has 0 aromatic rings. The van der Waals surface area contributed by atoms with Gasteiger partial charge < -0.3 is 5.32 Å². The van der Waals surface area contributed by atoms with Crippen LogP contribution in [0, 0.1) is 23.7 Å². The van der Waals surface area contributed by atoms with Crippen LogP contribution in [0.2, 0.25) is 0 Å². The van der Waals surface area contributed by atoms with Crippen LogP contribution in [0.25, 0.3) is 0 Å². The predicted octanol–water partition coefficient (Wildman–Crippen LogP) is 3.59. The van der Waals surface area contributed by atoms with Gasteiger partial charge >= 0.3 is 0 Å². The van der Waals surface area contributed by atoms with Gasteiger partial charge in [-0.15, -0.1) is 0 Å². The lowest BCUT2D eigenvalue weighted by Crippen LogP contribution is -2.21. The summed E-state index contributed by atoms with van der Waals surface area (Å²) in [5.74, 6) is 4.32. The van der Waals surface area contributed by atoms with Crippen LogP contribution in [0.1, 0.15) is 58.3 Å². The van der Waals surface area contributed by atoms with Gasteiger partial charge in [-0.3, -0.25) is 0 Å². The molecule has 1 heteroatoms. The molecule has 3 aliphatic rings. The zero-order chi connectivity index (χ0) is 11.0. The molecule has 92 valence electrons. The Morgan fingerprint density at radius 1 is 1.12 bits per heavy atom. The Morgan fingerprint density at radius 2 is 2.00 bits per heavy atom. The van der Waals surface area contributed by atoms with Crippen molar-refractivity contribution >= 4 is 0 Å². The molecule has 16 heavy (non-hydrogen) atoms. The molecule has 0 aromatic carbocycles. The summed E-state index contributed by atoms with van der Waals surface area (Å²) in [6.45, 7) is 3.74. The number of nitrogens with one attached hydrogen (secondary N) is 1. The van der Waals surface area contributed by atoms with Crippen molar-refractivity contribution in [3.8, 4) is 0 Å². The lowest BCUT2D eigenvalue weighted by molar-refractivity contribution is 0.268. The van der Waals surface area contributed by atoms with Gasteiger partial charge in [0.1, 0.15) is 0 Å². The van der Waals surface area contributed by atoms with E-state index in [4.69, 9.17) is 0 Å². The third-order valence-electron chi connectivity index (χ3n) is 5.24. The maximum absolute atomic E-state index is 3.65. The maximum atomic E-state index is 3.65. The van der Waals surface area contributed by atoms with Crippen molar-refractivity contribution in [1.29, 1.82) is 0 Å². The van der Waals surface area contributed by atoms with Crippen LogP contribution in [0.5, 0.6) is 0 Å². The Hall–Kier alpha value is -0.0400. The molecule has 0 aliphatic heterocycles. The lowest BCUT2D eigenvalue weighted by atomic mass is 9.82. The number of rotatable bonds is 6. The highest BCUT2D eigenvalue weighted by molar-refractivity contribution is 4.90. The number of fused-ring (bicyclic) bond motifs is 2. The molecule has 0 heterocycles. The van der Waals surface area contributed by atoms with Gasteiger partial charge in [-0.2, -0.15) is 0 Å². The second kappa shape index (κ2) is 4.68. The van der Waals surface area contributed by atoms with Crippen molar-refractivity contribution in [2.24, 2.45) is 23.7 Å². The molecule has 2 bridgehead atoms. The van der Waals surface area contributed by atoms with E-state index in [-0.39, 0.29) is 0 Å². The van der Waals surface area contributed by atoms with Crippen LogP contribution < -0.4 is 5.32 Å².